The first kappa shape index (κ1) is 22.2. The van der Waals surface area contributed by atoms with Crippen LogP contribution in [0.2, 0.25) is 0 Å². The Morgan fingerprint density at radius 1 is 1.17 bits per heavy atom. The molecule has 0 bridgehead atoms. The fraction of sp³-hybridized carbons (Fsp3) is 0.333. The molecular formula is C21H26N4O3S2. The Morgan fingerprint density at radius 3 is 2.63 bits per heavy atom. The molecule has 3 rings (SSSR count). The number of rotatable bonds is 10. The molecule has 2 aromatic carbocycles. The van der Waals surface area contributed by atoms with Crippen molar-refractivity contribution in [3.63, 3.8) is 0 Å². The third kappa shape index (κ3) is 6.25. The summed E-state index contributed by atoms with van der Waals surface area (Å²) < 4.78 is 19.0. The van der Waals surface area contributed by atoms with Crippen molar-refractivity contribution < 1.29 is 13.2 Å². The van der Waals surface area contributed by atoms with Crippen LogP contribution in [0.5, 0.6) is 5.75 Å². The molecule has 0 aliphatic rings. The van der Waals surface area contributed by atoms with Gasteiger partial charge in [-0.25, -0.2) is 9.19 Å². The molecule has 0 aliphatic heterocycles. The number of nitrogens with zero attached hydrogens (tertiary/aromatic N) is 1. The average molecular weight is 447 g/mol. The van der Waals surface area contributed by atoms with Crippen LogP contribution < -0.4 is 20.1 Å². The molecule has 0 fully saturated rings. The molecule has 0 saturated carbocycles. The molecule has 1 unspecified atom stereocenters. The molecule has 3 N–H and O–H groups in total. The summed E-state index contributed by atoms with van der Waals surface area (Å²) in [6.45, 7) is 7.70. The zero-order valence-corrected chi connectivity index (χ0v) is 18.9. The Balaban J connectivity index is 1.59. The van der Waals surface area contributed by atoms with E-state index in [2.05, 4.69) is 34.8 Å². The van der Waals surface area contributed by atoms with Gasteiger partial charge in [-0.1, -0.05) is 32.1 Å². The lowest BCUT2D eigenvalue weighted by atomic mass is 10.3. The van der Waals surface area contributed by atoms with Crippen LogP contribution in [0.25, 0.3) is 10.2 Å². The van der Waals surface area contributed by atoms with Crippen molar-refractivity contribution in [3.8, 4) is 5.75 Å². The number of anilines is 2. The van der Waals surface area contributed by atoms with Crippen LogP contribution in [0.15, 0.2) is 47.4 Å². The molecule has 160 valence electrons. The van der Waals surface area contributed by atoms with Gasteiger partial charge in [-0.05, 0) is 36.4 Å². The van der Waals surface area contributed by atoms with Gasteiger partial charge in [-0.15, -0.1) is 0 Å². The fourth-order valence-corrected chi connectivity index (χ4v) is 4.25. The molecular weight excluding hydrogens is 420 g/mol. The van der Waals surface area contributed by atoms with Gasteiger partial charge in [0, 0.05) is 37.3 Å². The highest BCUT2D eigenvalue weighted by atomic mass is 32.2. The zero-order valence-electron chi connectivity index (χ0n) is 17.2. The second-order valence-electron chi connectivity index (χ2n) is 6.93. The summed E-state index contributed by atoms with van der Waals surface area (Å²) in [6, 6.07) is 13.1. The molecule has 30 heavy (non-hydrogen) atoms. The highest BCUT2D eigenvalue weighted by molar-refractivity contribution is 7.80. The molecule has 3 aromatic rings. The summed E-state index contributed by atoms with van der Waals surface area (Å²) in [5, 5.41) is 9.96. The van der Waals surface area contributed by atoms with E-state index < -0.39 is 11.1 Å². The number of thiazole rings is 1. The zero-order chi connectivity index (χ0) is 21.5. The third-order valence-electron chi connectivity index (χ3n) is 4.15. The number of aromatic nitrogens is 1. The number of amides is 1. The first-order valence-corrected chi connectivity index (χ1v) is 11.7. The van der Waals surface area contributed by atoms with Crippen molar-refractivity contribution in [1.82, 2.24) is 10.3 Å². The van der Waals surface area contributed by atoms with Crippen molar-refractivity contribution in [2.45, 2.75) is 38.1 Å². The number of hydrogen-bond donors (Lipinski definition) is 3. The Hall–Kier alpha value is -2.49. The SMILES string of the molecule is CCC(=O)Nc1nc2ccc(OS(=O)c3ccc(NCCNC(C)C)cc3)cc2s1. The summed E-state index contributed by atoms with van der Waals surface area (Å²) in [4.78, 5) is 16.5. The second kappa shape index (κ2) is 10.5. The van der Waals surface area contributed by atoms with E-state index >= 15 is 0 Å². The predicted octanol–water partition coefficient (Wildman–Crippen LogP) is 4.16. The summed E-state index contributed by atoms with van der Waals surface area (Å²) in [5.74, 6) is 0.403. The Bertz CT molecular complexity index is 1020. The maximum absolute atomic E-state index is 12.6. The number of carbonyl (C=O) groups is 1. The summed E-state index contributed by atoms with van der Waals surface area (Å²) in [7, 11) is 0. The standard InChI is InChI=1S/C21H26N4O3S2/c1-4-20(26)25-21-24-18-10-7-16(13-19(18)29-21)28-30(27)17-8-5-15(6-9-17)23-12-11-22-14(2)3/h5-10,13-14,22-23H,4,11-12H2,1-3H3,(H,24,25,26). The number of nitrogens with one attached hydrogen (secondary N) is 3. The Morgan fingerprint density at radius 2 is 1.93 bits per heavy atom. The van der Waals surface area contributed by atoms with Crippen LogP contribution >= 0.6 is 11.3 Å². The van der Waals surface area contributed by atoms with E-state index in [1.807, 2.05) is 12.1 Å². The van der Waals surface area contributed by atoms with Gasteiger partial charge >= 0.3 is 0 Å². The maximum atomic E-state index is 12.6. The van der Waals surface area contributed by atoms with Gasteiger partial charge in [0.15, 0.2) is 5.13 Å². The third-order valence-corrected chi connectivity index (χ3v) is 6.09. The normalized spacial score (nSPS) is 12.1. The maximum Gasteiger partial charge on any atom is 0.240 e. The van der Waals surface area contributed by atoms with Gasteiger partial charge in [-0.3, -0.25) is 4.79 Å². The van der Waals surface area contributed by atoms with E-state index in [4.69, 9.17) is 4.18 Å². The largest absolute Gasteiger partial charge is 0.397 e. The van der Waals surface area contributed by atoms with Gasteiger partial charge < -0.3 is 20.1 Å². The van der Waals surface area contributed by atoms with Crippen molar-refractivity contribution >= 4 is 49.4 Å². The quantitative estimate of drug-likeness (QED) is 0.405. The smallest absolute Gasteiger partial charge is 0.240 e. The first-order valence-electron chi connectivity index (χ1n) is 9.82. The molecule has 0 spiro atoms. The molecule has 0 saturated heterocycles. The summed E-state index contributed by atoms with van der Waals surface area (Å²) in [5.41, 5.74) is 1.72. The van der Waals surface area contributed by atoms with E-state index in [1.165, 1.54) is 11.3 Å². The van der Waals surface area contributed by atoms with Gasteiger partial charge in [-0.2, -0.15) is 0 Å². The van der Waals surface area contributed by atoms with Crippen LogP contribution in [0.4, 0.5) is 10.8 Å². The van der Waals surface area contributed by atoms with Crippen molar-refractivity contribution in [1.29, 1.82) is 0 Å². The lowest BCUT2D eigenvalue weighted by Crippen LogP contribution is -2.28. The summed E-state index contributed by atoms with van der Waals surface area (Å²) >= 11 is -0.273. The monoisotopic (exact) mass is 446 g/mol. The van der Waals surface area contributed by atoms with Crippen molar-refractivity contribution in [3.05, 3.63) is 42.5 Å². The van der Waals surface area contributed by atoms with E-state index in [0.717, 1.165) is 29.0 Å². The topological polar surface area (TPSA) is 92.3 Å². The number of hydrogen-bond acceptors (Lipinski definition) is 7. The van der Waals surface area contributed by atoms with E-state index in [9.17, 15) is 9.00 Å². The minimum Gasteiger partial charge on any atom is -0.397 e. The van der Waals surface area contributed by atoms with Gasteiger partial charge in [0.05, 0.1) is 15.1 Å². The second-order valence-corrected chi connectivity index (χ2v) is 9.07. The molecule has 1 amide bonds. The molecule has 7 nitrogen and oxygen atoms in total. The Labute approximate surface area is 182 Å². The van der Waals surface area contributed by atoms with Gasteiger partial charge in [0.1, 0.15) is 5.75 Å². The van der Waals surface area contributed by atoms with Crippen molar-refractivity contribution in [2.24, 2.45) is 0 Å². The van der Waals surface area contributed by atoms with Gasteiger partial charge in [0.2, 0.25) is 17.0 Å². The van der Waals surface area contributed by atoms with Crippen molar-refractivity contribution in [2.75, 3.05) is 23.7 Å². The van der Waals surface area contributed by atoms with E-state index in [-0.39, 0.29) is 5.91 Å². The van der Waals surface area contributed by atoms with Crippen LogP contribution in [-0.2, 0) is 15.9 Å². The van der Waals surface area contributed by atoms with Crippen LogP contribution in [0, 0.1) is 0 Å². The van der Waals surface area contributed by atoms with E-state index in [0.29, 0.717) is 28.2 Å². The molecule has 0 aliphatic carbocycles. The number of benzene rings is 2. The molecule has 1 aromatic heterocycles. The van der Waals surface area contributed by atoms with Crippen LogP contribution in [0.3, 0.4) is 0 Å². The lowest BCUT2D eigenvalue weighted by molar-refractivity contribution is -0.115. The number of carbonyl (C=O) groups excluding carboxylic acids is 1. The number of fused-ring (bicyclic) bond motifs is 1. The molecule has 9 heteroatoms. The first-order chi connectivity index (χ1) is 14.4. The molecule has 1 heterocycles. The summed E-state index contributed by atoms with van der Waals surface area (Å²) in [6.07, 6.45) is 0.395. The fourth-order valence-electron chi connectivity index (χ4n) is 2.60. The Kier molecular flexibility index (Phi) is 7.78. The van der Waals surface area contributed by atoms with E-state index in [1.54, 1.807) is 37.3 Å². The highest BCUT2D eigenvalue weighted by Crippen LogP contribution is 2.30. The van der Waals surface area contributed by atoms with Crippen LogP contribution in [0.1, 0.15) is 27.2 Å². The highest BCUT2D eigenvalue weighted by Gasteiger charge is 2.11. The predicted molar refractivity (Wildman–Crippen MR) is 124 cm³/mol. The molecule has 0 radical (unpaired) electrons. The minimum absolute atomic E-state index is 0.0826. The molecule has 1 atom stereocenters. The van der Waals surface area contributed by atoms with Crippen LogP contribution in [-0.4, -0.2) is 34.2 Å². The lowest BCUT2D eigenvalue weighted by Gasteiger charge is -2.10. The average Bonchev–Trinajstić information content (AvgIpc) is 3.12. The minimum atomic E-state index is -1.63. The van der Waals surface area contributed by atoms with Gasteiger partial charge in [0.25, 0.3) is 0 Å².